The van der Waals surface area contributed by atoms with Gasteiger partial charge >= 0.3 is 0 Å². The number of hydrogen-bond acceptors (Lipinski definition) is 5. The lowest BCUT2D eigenvalue weighted by Gasteiger charge is -2.21. The third kappa shape index (κ3) is 5.85. The molecule has 1 fully saturated rings. The molecule has 0 spiro atoms. The maximum Gasteiger partial charge on any atom is 0.234 e. The molecule has 0 bridgehead atoms. The van der Waals surface area contributed by atoms with Crippen LogP contribution in [-0.2, 0) is 16.0 Å². The van der Waals surface area contributed by atoms with Crippen LogP contribution >= 0.6 is 0 Å². The van der Waals surface area contributed by atoms with Crippen molar-refractivity contribution in [2.75, 3.05) is 39.3 Å². The van der Waals surface area contributed by atoms with E-state index >= 15 is 0 Å². The van der Waals surface area contributed by atoms with Crippen molar-refractivity contribution < 1.29 is 22.8 Å². The first-order valence-corrected chi connectivity index (χ1v) is 10.1. The van der Waals surface area contributed by atoms with Gasteiger partial charge in [-0.05, 0) is 25.5 Å². The van der Waals surface area contributed by atoms with E-state index < -0.39 is 11.6 Å². The highest BCUT2D eigenvalue weighted by molar-refractivity contribution is 5.78. The van der Waals surface area contributed by atoms with E-state index in [1.807, 2.05) is 6.92 Å². The smallest absolute Gasteiger partial charge is 0.234 e. The predicted molar refractivity (Wildman–Crippen MR) is 106 cm³/mol. The van der Waals surface area contributed by atoms with E-state index in [-0.39, 0.29) is 29.6 Å². The molecule has 9 heteroatoms. The molecule has 2 amide bonds. The van der Waals surface area contributed by atoms with Crippen LogP contribution in [0.4, 0.5) is 8.78 Å². The molecular weight excluding hydrogens is 394 g/mol. The Labute approximate surface area is 174 Å². The van der Waals surface area contributed by atoms with Crippen molar-refractivity contribution in [3.8, 4) is 11.3 Å². The van der Waals surface area contributed by atoms with Gasteiger partial charge in [0.2, 0.25) is 11.8 Å². The number of aromatic nitrogens is 1. The average molecular weight is 420 g/mol. The Morgan fingerprint density at radius 3 is 2.80 bits per heavy atom. The molecule has 1 aliphatic heterocycles. The number of oxazole rings is 1. The number of amides is 2. The van der Waals surface area contributed by atoms with Gasteiger partial charge < -0.3 is 14.6 Å². The third-order valence-corrected chi connectivity index (χ3v) is 4.99. The van der Waals surface area contributed by atoms with Gasteiger partial charge in [0.15, 0.2) is 11.7 Å². The highest BCUT2D eigenvalue weighted by atomic mass is 19.1. The highest BCUT2D eigenvalue weighted by Gasteiger charge is 2.21. The molecule has 1 aromatic carbocycles. The van der Waals surface area contributed by atoms with Gasteiger partial charge in [0.05, 0.1) is 18.3 Å². The summed E-state index contributed by atoms with van der Waals surface area (Å²) in [7, 11) is 0. The molecule has 0 saturated carbocycles. The number of nitrogens with one attached hydrogen (secondary N) is 1. The molecule has 1 saturated heterocycles. The van der Waals surface area contributed by atoms with E-state index in [9.17, 15) is 18.4 Å². The highest BCUT2D eigenvalue weighted by Crippen LogP contribution is 2.24. The number of hydrogen-bond donors (Lipinski definition) is 1. The van der Waals surface area contributed by atoms with E-state index in [2.05, 4.69) is 15.2 Å². The average Bonchev–Trinajstić information content (AvgIpc) is 3.05. The normalized spacial score (nSPS) is 15.1. The summed E-state index contributed by atoms with van der Waals surface area (Å²) in [5.74, 6) is -0.878. The van der Waals surface area contributed by atoms with Gasteiger partial charge in [-0.2, -0.15) is 0 Å². The van der Waals surface area contributed by atoms with Gasteiger partial charge in [-0.1, -0.05) is 0 Å². The van der Waals surface area contributed by atoms with Gasteiger partial charge in [-0.25, -0.2) is 13.8 Å². The molecule has 7 nitrogen and oxygen atoms in total. The molecule has 1 aromatic heterocycles. The van der Waals surface area contributed by atoms with Crippen LogP contribution < -0.4 is 5.32 Å². The quantitative estimate of drug-likeness (QED) is 0.743. The van der Waals surface area contributed by atoms with Crippen molar-refractivity contribution in [2.45, 2.75) is 26.2 Å². The number of benzene rings is 1. The first-order chi connectivity index (χ1) is 14.5. The van der Waals surface area contributed by atoms with Crippen LogP contribution in [0.5, 0.6) is 0 Å². The summed E-state index contributed by atoms with van der Waals surface area (Å²) in [5.41, 5.74) is 0.126. The fourth-order valence-electron chi connectivity index (χ4n) is 3.45. The molecule has 2 heterocycles. The summed E-state index contributed by atoms with van der Waals surface area (Å²) in [6.07, 6.45) is 2.70. The Hall–Kier alpha value is -2.81. The van der Waals surface area contributed by atoms with E-state index in [1.165, 1.54) is 12.3 Å². The number of carbonyl (C=O) groups is 2. The second kappa shape index (κ2) is 10.3. The van der Waals surface area contributed by atoms with Crippen LogP contribution in [0.3, 0.4) is 0 Å². The van der Waals surface area contributed by atoms with Gasteiger partial charge in [-0.3, -0.25) is 14.5 Å². The number of halogens is 2. The number of nitrogens with zero attached hydrogens (tertiary/aromatic N) is 3. The maximum atomic E-state index is 13.9. The van der Waals surface area contributed by atoms with Crippen molar-refractivity contribution in [3.05, 3.63) is 41.9 Å². The number of likely N-dealkylation sites (N-methyl/N-ethyl adjacent to an activating group) is 1. The van der Waals surface area contributed by atoms with Crippen molar-refractivity contribution in [3.63, 3.8) is 0 Å². The van der Waals surface area contributed by atoms with E-state index in [0.29, 0.717) is 45.0 Å². The zero-order chi connectivity index (χ0) is 21.5. The van der Waals surface area contributed by atoms with Crippen LogP contribution in [0.2, 0.25) is 0 Å². The summed E-state index contributed by atoms with van der Waals surface area (Å²) in [4.78, 5) is 32.3. The maximum absolute atomic E-state index is 13.9. The summed E-state index contributed by atoms with van der Waals surface area (Å²) in [6, 6.07) is 3.23. The van der Waals surface area contributed by atoms with E-state index in [0.717, 1.165) is 25.1 Å². The molecule has 0 radical (unpaired) electrons. The number of rotatable bonds is 7. The topological polar surface area (TPSA) is 78.7 Å². The lowest BCUT2D eigenvalue weighted by atomic mass is 10.2. The Morgan fingerprint density at radius 1 is 1.20 bits per heavy atom. The standard InChI is InChI=1S/C21H26F2N4O3/c1-2-24-19(28)14-26-8-3-9-27(11-10-26)21(29)7-6-20-25-13-18(30-20)16-5-4-15(22)12-17(16)23/h4-5,12-13H,2-3,6-11,14H2,1H3,(H,24,28). The van der Waals surface area contributed by atoms with Crippen LogP contribution in [0.15, 0.2) is 28.8 Å². The lowest BCUT2D eigenvalue weighted by molar-refractivity contribution is -0.131. The van der Waals surface area contributed by atoms with Gasteiger partial charge in [0.1, 0.15) is 11.6 Å². The van der Waals surface area contributed by atoms with Crippen LogP contribution in [-0.4, -0.2) is 65.9 Å². The zero-order valence-corrected chi connectivity index (χ0v) is 17.0. The SMILES string of the molecule is CCNC(=O)CN1CCCN(C(=O)CCc2ncc(-c3ccc(F)cc3F)o2)CC1. The Balaban J connectivity index is 1.50. The minimum atomic E-state index is -0.726. The van der Waals surface area contributed by atoms with Crippen molar-refractivity contribution >= 4 is 11.8 Å². The Bertz CT molecular complexity index is 887. The minimum absolute atomic E-state index is 0.00503. The molecule has 30 heavy (non-hydrogen) atoms. The zero-order valence-electron chi connectivity index (χ0n) is 17.0. The molecular formula is C21H26F2N4O3. The second-order valence-corrected chi connectivity index (χ2v) is 7.21. The molecule has 2 aromatic rings. The summed E-state index contributed by atoms with van der Waals surface area (Å²) < 4.78 is 32.5. The van der Waals surface area contributed by atoms with Crippen LogP contribution in [0.25, 0.3) is 11.3 Å². The fraction of sp³-hybridized carbons (Fsp3) is 0.476. The molecule has 0 aliphatic carbocycles. The predicted octanol–water partition coefficient (Wildman–Crippen LogP) is 2.22. The second-order valence-electron chi connectivity index (χ2n) is 7.21. The van der Waals surface area contributed by atoms with E-state index in [1.54, 1.807) is 4.90 Å². The van der Waals surface area contributed by atoms with Gasteiger partial charge in [0.25, 0.3) is 0 Å². The van der Waals surface area contributed by atoms with Gasteiger partial charge in [-0.15, -0.1) is 0 Å². The molecule has 0 atom stereocenters. The summed E-state index contributed by atoms with van der Waals surface area (Å²) in [5, 5.41) is 2.79. The number of aryl methyl sites for hydroxylation is 1. The monoisotopic (exact) mass is 420 g/mol. The molecule has 0 unspecified atom stereocenters. The van der Waals surface area contributed by atoms with Crippen molar-refractivity contribution in [2.24, 2.45) is 0 Å². The largest absolute Gasteiger partial charge is 0.441 e. The first-order valence-electron chi connectivity index (χ1n) is 10.1. The molecule has 1 N–H and O–H groups in total. The molecule has 162 valence electrons. The third-order valence-electron chi connectivity index (χ3n) is 4.99. The molecule has 1 aliphatic rings. The summed E-state index contributed by atoms with van der Waals surface area (Å²) >= 11 is 0. The number of carbonyl (C=O) groups excluding carboxylic acids is 2. The first kappa shape index (κ1) is 21.9. The van der Waals surface area contributed by atoms with Crippen LogP contribution in [0, 0.1) is 11.6 Å². The van der Waals surface area contributed by atoms with Crippen LogP contribution in [0.1, 0.15) is 25.7 Å². The summed E-state index contributed by atoms with van der Waals surface area (Å²) in [6.45, 7) is 5.46. The van der Waals surface area contributed by atoms with E-state index in [4.69, 9.17) is 4.42 Å². The van der Waals surface area contributed by atoms with Crippen molar-refractivity contribution in [1.29, 1.82) is 0 Å². The Kier molecular flexibility index (Phi) is 7.51. The minimum Gasteiger partial charge on any atom is -0.441 e. The van der Waals surface area contributed by atoms with Crippen molar-refractivity contribution in [1.82, 2.24) is 20.1 Å². The van der Waals surface area contributed by atoms with Gasteiger partial charge in [0, 0.05) is 51.6 Å². The lowest BCUT2D eigenvalue weighted by Crippen LogP contribution is -2.40. The molecule has 3 rings (SSSR count). The Morgan fingerprint density at radius 2 is 2.03 bits per heavy atom. The fourth-order valence-corrected chi connectivity index (χ4v) is 3.45.